The summed E-state index contributed by atoms with van der Waals surface area (Å²) in [6.07, 6.45) is 2.18. The minimum Gasteiger partial charge on any atom is -0.249 e. The SMILES string of the molecule is Cc1cnc(Br)c(CC#N)c1. The van der Waals surface area contributed by atoms with Crippen LogP contribution < -0.4 is 0 Å². The van der Waals surface area contributed by atoms with Crippen LogP contribution in [-0.4, -0.2) is 4.98 Å². The molecule has 0 aliphatic rings. The van der Waals surface area contributed by atoms with Crippen molar-refractivity contribution in [3.8, 4) is 6.07 Å². The highest BCUT2D eigenvalue weighted by atomic mass is 79.9. The lowest BCUT2D eigenvalue weighted by atomic mass is 10.2. The summed E-state index contributed by atoms with van der Waals surface area (Å²) in [7, 11) is 0. The van der Waals surface area contributed by atoms with Crippen molar-refractivity contribution in [2.45, 2.75) is 13.3 Å². The van der Waals surface area contributed by atoms with E-state index in [2.05, 4.69) is 27.0 Å². The van der Waals surface area contributed by atoms with Crippen molar-refractivity contribution in [1.82, 2.24) is 4.98 Å². The monoisotopic (exact) mass is 210 g/mol. The highest BCUT2D eigenvalue weighted by Gasteiger charge is 1.99. The molecule has 56 valence electrons. The fourth-order valence-corrected chi connectivity index (χ4v) is 1.18. The summed E-state index contributed by atoms with van der Waals surface area (Å²) in [4.78, 5) is 4.06. The van der Waals surface area contributed by atoms with Crippen LogP contribution in [0.1, 0.15) is 11.1 Å². The average molecular weight is 211 g/mol. The summed E-state index contributed by atoms with van der Waals surface area (Å²) >= 11 is 3.27. The van der Waals surface area contributed by atoms with Gasteiger partial charge in [-0.05, 0) is 34.0 Å². The molecule has 0 saturated carbocycles. The molecule has 1 aromatic heterocycles. The Bertz CT molecular complexity index is 301. The summed E-state index contributed by atoms with van der Waals surface area (Å²) in [6, 6.07) is 4.04. The molecule has 0 aromatic carbocycles. The molecule has 11 heavy (non-hydrogen) atoms. The Labute approximate surface area is 74.0 Å². The van der Waals surface area contributed by atoms with Crippen molar-refractivity contribution in [3.05, 3.63) is 28.0 Å². The number of halogens is 1. The van der Waals surface area contributed by atoms with E-state index in [-0.39, 0.29) is 0 Å². The third-order valence-corrected chi connectivity index (χ3v) is 2.03. The van der Waals surface area contributed by atoms with Gasteiger partial charge < -0.3 is 0 Å². The number of aryl methyl sites for hydroxylation is 1. The second-order valence-electron chi connectivity index (χ2n) is 2.30. The summed E-state index contributed by atoms with van der Waals surface area (Å²) < 4.78 is 0.768. The number of hydrogen-bond donors (Lipinski definition) is 0. The third-order valence-electron chi connectivity index (χ3n) is 1.32. The summed E-state index contributed by atoms with van der Waals surface area (Å²) in [5.41, 5.74) is 2.03. The minimum atomic E-state index is 0.412. The molecule has 0 amide bonds. The van der Waals surface area contributed by atoms with Crippen LogP contribution >= 0.6 is 15.9 Å². The quantitative estimate of drug-likeness (QED) is 0.667. The van der Waals surface area contributed by atoms with Gasteiger partial charge in [0.1, 0.15) is 4.60 Å². The minimum absolute atomic E-state index is 0.412. The van der Waals surface area contributed by atoms with Crippen LogP contribution in [0.15, 0.2) is 16.9 Å². The van der Waals surface area contributed by atoms with E-state index in [0.29, 0.717) is 6.42 Å². The van der Waals surface area contributed by atoms with Gasteiger partial charge in [-0.1, -0.05) is 6.07 Å². The zero-order valence-corrected chi connectivity index (χ0v) is 7.72. The first-order chi connectivity index (χ1) is 5.24. The normalized spacial score (nSPS) is 9.18. The molecular weight excluding hydrogens is 204 g/mol. The molecule has 0 unspecified atom stereocenters. The van der Waals surface area contributed by atoms with Crippen LogP contribution in [0.3, 0.4) is 0 Å². The van der Waals surface area contributed by atoms with E-state index in [9.17, 15) is 0 Å². The van der Waals surface area contributed by atoms with Gasteiger partial charge in [-0.15, -0.1) is 0 Å². The molecule has 3 heteroatoms. The fourth-order valence-electron chi connectivity index (χ4n) is 0.822. The number of hydrogen-bond acceptors (Lipinski definition) is 2. The number of pyridine rings is 1. The molecule has 0 bridgehead atoms. The Morgan fingerprint density at radius 1 is 1.73 bits per heavy atom. The molecule has 0 radical (unpaired) electrons. The number of aromatic nitrogens is 1. The molecule has 0 fully saturated rings. The zero-order valence-electron chi connectivity index (χ0n) is 6.13. The largest absolute Gasteiger partial charge is 0.249 e. The van der Waals surface area contributed by atoms with Gasteiger partial charge in [0, 0.05) is 6.20 Å². The van der Waals surface area contributed by atoms with E-state index in [1.165, 1.54) is 0 Å². The maximum absolute atomic E-state index is 8.44. The number of rotatable bonds is 1. The standard InChI is InChI=1S/C8H7BrN2/c1-6-4-7(2-3-10)8(9)11-5-6/h4-5H,2H2,1H3. The lowest BCUT2D eigenvalue weighted by Crippen LogP contribution is -1.88. The van der Waals surface area contributed by atoms with E-state index in [0.717, 1.165) is 15.7 Å². The van der Waals surface area contributed by atoms with Crippen LogP contribution in [0.2, 0.25) is 0 Å². The Morgan fingerprint density at radius 3 is 3.09 bits per heavy atom. The van der Waals surface area contributed by atoms with Crippen LogP contribution in [0, 0.1) is 18.3 Å². The molecule has 1 rings (SSSR count). The van der Waals surface area contributed by atoms with Gasteiger partial charge >= 0.3 is 0 Å². The van der Waals surface area contributed by atoms with Gasteiger partial charge in [-0.25, -0.2) is 4.98 Å². The van der Waals surface area contributed by atoms with Gasteiger partial charge in [0.25, 0.3) is 0 Å². The van der Waals surface area contributed by atoms with E-state index in [4.69, 9.17) is 5.26 Å². The molecule has 0 saturated heterocycles. The van der Waals surface area contributed by atoms with Crippen LogP contribution in [0.5, 0.6) is 0 Å². The van der Waals surface area contributed by atoms with E-state index < -0.39 is 0 Å². The second-order valence-corrected chi connectivity index (χ2v) is 3.05. The predicted octanol–water partition coefficient (Wildman–Crippen LogP) is 2.22. The second kappa shape index (κ2) is 3.49. The lowest BCUT2D eigenvalue weighted by Gasteiger charge is -1.98. The van der Waals surface area contributed by atoms with Gasteiger partial charge in [-0.2, -0.15) is 5.26 Å². The number of nitrogens with zero attached hydrogens (tertiary/aromatic N) is 2. The van der Waals surface area contributed by atoms with Crippen LogP contribution in [-0.2, 0) is 6.42 Å². The smallest absolute Gasteiger partial charge is 0.110 e. The Hall–Kier alpha value is -0.880. The molecule has 0 aliphatic heterocycles. The van der Waals surface area contributed by atoms with E-state index in [1.54, 1.807) is 6.20 Å². The molecule has 2 nitrogen and oxygen atoms in total. The summed E-state index contributed by atoms with van der Waals surface area (Å²) in [5.74, 6) is 0. The zero-order chi connectivity index (χ0) is 8.27. The van der Waals surface area contributed by atoms with Gasteiger partial charge in [0.15, 0.2) is 0 Å². The van der Waals surface area contributed by atoms with Gasteiger partial charge in [0.05, 0.1) is 12.5 Å². The first-order valence-electron chi connectivity index (χ1n) is 3.22. The van der Waals surface area contributed by atoms with Gasteiger partial charge in [-0.3, -0.25) is 0 Å². The molecule has 1 heterocycles. The molecule has 0 atom stereocenters. The fraction of sp³-hybridized carbons (Fsp3) is 0.250. The lowest BCUT2D eigenvalue weighted by molar-refractivity contribution is 1.13. The highest BCUT2D eigenvalue weighted by molar-refractivity contribution is 9.10. The predicted molar refractivity (Wildman–Crippen MR) is 46.0 cm³/mol. The Morgan fingerprint density at radius 2 is 2.45 bits per heavy atom. The molecule has 0 spiro atoms. The number of nitriles is 1. The molecule has 1 aromatic rings. The first kappa shape index (κ1) is 8.22. The maximum atomic E-state index is 8.44. The Balaban J connectivity index is 3.05. The molecule has 0 aliphatic carbocycles. The van der Waals surface area contributed by atoms with Crippen molar-refractivity contribution >= 4 is 15.9 Å². The van der Waals surface area contributed by atoms with Crippen molar-refractivity contribution < 1.29 is 0 Å². The Kier molecular flexibility index (Phi) is 2.61. The topological polar surface area (TPSA) is 36.7 Å². The maximum Gasteiger partial charge on any atom is 0.110 e. The van der Waals surface area contributed by atoms with Crippen molar-refractivity contribution in [2.75, 3.05) is 0 Å². The summed E-state index contributed by atoms with van der Waals surface area (Å²) in [5, 5.41) is 8.44. The highest BCUT2D eigenvalue weighted by Crippen LogP contribution is 2.14. The van der Waals surface area contributed by atoms with Crippen molar-refractivity contribution in [1.29, 1.82) is 5.26 Å². The molecular formula is C8H7BrN2. The van der Waals surface area contributed by atoms with Crippen molar-refractivity contribution in [3.63, 3.8) is 0 Å². The van der Waals surface area contributed by atoms with Crippen molar-refractivity contribution in [2.24, 2.45) is 0 Å². The van der Waals surface area contributed by atoms with Gasteiger partial charge in [0.2, 0.25) is 0 Å². The first-order valence-corrected chi connectivity index (χ1v) is 4.01. The van der Waals surface area contributed by atoms with E-state index in [1.807, 2.05) is 13.0 Å². The third kappa shape index (κ3) is 2.02. The van der Waals surface area contributed by atoms with E-state index >= 15 is 0 Å². The van der Waals surface area contributed by atoms with Crippen LogP contribution in [0.25, 0.3) is 0 Å². The average Bonchev–Trinajstić information content (AvgIpc) is 1.98. The molecule has 0 N–H and O–H groups in total. The van der Waals surface area contributed by atoms with Crippen LogP contribution in [0.4, 0.5) is 0 Å². The summed E-state index contributed by atoms with van der Waals surface area (Å²) in [6.45, 7) is 1.96.